The van der Waals surface area contributed by atoms with Gasteiger partial charge in [0.05, 0.1) is 23.1 Å². The van der Waals surface area contributed by atoms with E-state index >= 15 is 0 Å². The van der Waals surface area contributed by atoms with E-state index in [9.17, 15) is 18.3 Å². The summed E-state index contributed by atoms with van der Waals surface area (Å²) in [6.45, 7) is 5.65. The van der Waals surface area contributed by atoms with E-state index in [2.05, 4.69) is 21.8 Å². The molecule has 2 N–H and O–H groups in total. The smallest absolute Gasteiger partial charge is 0.264 e. The van der Waals surface area contributed by atoms with Crippen LogP contribution in [0, 0.1) is 23.7 Å². The van der Waals surface area contributed by atoms with Crippen molar-refractivity contribution in [3.8, 4) is 5.75 Å². The first-order valence-corrected chi connectivity index (χ1v) is 18.5. The van der Waals surface area contributed by atoms with E-state index in [1.165, 1.54) is 11.1 Å². The van der Waals surface area contributed by atoms with Crippen molar-refractivity contribution in [1.82, 2.24) is 4.72 Å². The minimum Gasteiger partial charge on any atom is -0.490 e. The van der Waals surface area contributed by atoms with Crippen molar-refractivity contribution in [3.63, 3.8) is 0 Å². The van der Waals surface area contributed by atoms with Gasteiger partial charge in [-0.15, -0.1) is 0 Å². The van der Waals surface area contributed by atoms with Crippen LogP contribution in [0.3, 0.4) is 0 Å². The summed E-state index contributed by atoms with van der Waals surface area (Å²) in [5.74, 6) is 0.769. The maximum Gasteiger partial charge on any atom is 0.264 e. The van der Waals surface area contributed by atoms with Crippen molar-refractivity contribution in [3.05, 3.63) is 58.1 Å². The predicted molar refractivity (Wildman–Crippen MR) is 173 cm³/mol. The molecule has 0 saturated heterocycles. The van der Waals surface area contributed by atoms with Crippen molar-refractivity contribution in [2.45, 2.75) is 94.3 Å². The Hall–Kier alpha value is -2.29. The molecule has 7 nitrogen and oxygen atoms in total. The minimum atomic E-state index is -3.91. The highest BCUT2D eigenvalue weighted by Gasteiger charge is 2.50. The van der Waals surface area contributed by atoms with Crippen LogP contribution < -0.4 is 14.4 Å². The van der Waals surface area contributed by atoms with Crippen LogP contribution in [0.15, 0.2) is 36.4 Å². The maximum atomic E-state index is 13.5. The average molecular weight is 641 g/mol. The lowest BCUT2D eigenvalue weighted by Gasteiger charge is -2.52. The average Bonchev–Trinajstić information content (AvgIpc) is 3.10. The number of nitrogens with one attached hydrogen (secondary N) is 1. The summed E-state index contributed by atoms with van der Waals surface area (Å²) in [6.07, 6.45) is 9.31. The Labute approximate surface area is 266 Å². The van der Waals surface area contributed by atoms with Crippen molar-refractivity contribution in [2.24, 2.45) is 23.7 Å². The summed E-state index contributed by atoms with van der Waals surface area (Å²) in [5, 5.41) is 12.2. The lowest BCUT2D eigenvalue weighted by molar-refractivity contribution is -0.116. The van der Waals surface area contributed by atoms with Crippen LogP contribution in [0.25, 0.3) is 0 Å². The van der Waals surface area contributed by atoms with Gasteiger partial charge in [0.2, 0.25) is 10.0 Å². The largest absolute Gasteiger partial charge is 0.490 e. The number of hydrogen-bond donors (Lipinski definition) is 2. The van der Waals surface area contributed by atoms with E-state index < -0.39 is 26.8 Å². The van der Waals surface area contributed by atoms with Crippen LogP contribution in [0.4, 0.5) is 5.69 Å². The number of anilines is 1. The summed E-state index contributed by atoms with van der Waals surface area (Å²) in [7, 11) is -3.91. The fourth-order valence-electron chi connectivity index (χ4n) is 9.28. The number of aliphatic hydroxyl groups is 1. The van der Waals surface area contributed by atoms with Gasteiger partial charge in [0.15, 0.2) is 0 Å². The number of hydrogen-bond acceptors (Lipinski definition) is 6. The molecule has 7 atom stereocenters. The van der Waals surface area contributed by atoms with Crippen LogP contribution in [0.2, 0.25) is 5.02 Å². The normalized spacial score (nSPS) is 36.6. The number of aryl methyl sites for hydroxylation is 1. The van der Waals surface area contributed by atoms with E-state index in [1.807, 2.05) is 25.1 Å². The third-order valence-electron chi connectivity index (χ3n) is 12.0. The SMILES string of the molecule is C[C@@H]1[C@@H](C)C[C@H]2CCC[C@](O)(C2)[C@@H]2CC[C@H]2CN2C[C@@]3(CCCc4cc(Cl)ccc43)COc3ccc(cc32)C(=O)NS1(=O)=O. The summed E-state index contributed by atoms with van der Waals surface area (Å²) >= 11 is 6.42. The first-order valence-electron chi connectivity index (χ1n) is 16.6. The fraction of sp³-hybridized carbons (Fsp3) is 0.629. The van der Waals surface area contributed by atoms with Gasteiger partial charge in [0.1, 0.15) is 5.75 Å². The van der Waals surface area contributed by atoms with Crippen molar-refractivity contribution in [1.29, 1.82) is 0 Å². The Morgan fingerprint density at radius 1 is 1.07 bits per heavy atom. The fourth-order valence-corrected chi connectivity index (χ4v) is 10.8. The third kappa shape index (κ3) is 5.32. The molecule has 44 heavy (non-hydrogen) atoms. The number of rotatable bonds is 0. The highest BCUT2D eigenvalue weighted by molar-refractivity contribution is 7.90. The molecule has 1 amide bonds. The summed E-state index contributed by atoms with van der Waals surface area (Å²) in [6, 6.07) is 11.5. The van der Waals surface area contributed by atoms with Crippen LogP contribution in [-0.4, -0.2) is 50.0 Å². The molecular formula is C35H45ClN2O5S. The summed E-state index contributed by atoms with van der Waals surface area (Å²) < 4.78 is 35.8. The van der Waals surface area contributed by atoms with Gasteiger partial charge in [-0.1, -0.05) is 37.4 Å². The minimum absolute atomic E-state index is 0.141. The molecule has 0 radical (unpaired) electrons. The zero-order valence-corrected chi connectivity index (χ0v) is 27.4. The lowest BCUT2D eigenvalue weighted by atomic mass is 9.58. The Morgan fingerprint density at radius 3 is 2.70 bits per heavy atom. The number of fused-ring (bicyclic) bond motifs is 7. The molecule has 2 fully saturated rings. The number of carbonyl (C=O) groups is 1. The molecule has 5 aliphatic rings. The summed E-state index contributed by atoms with van der Waals surface area (Å²) in [5.41, 5.74) is 2.70. The number of ether oxygens (including phenoxy) is 1. The highest BCUT2D eigenvalue weighted by atomic mass is 35.5. The van der Waals surface area contributed by atoms with Gasteiger partial charge in [-0.3, -0.25) is 4.79 Å². The number of nitrogens with zero attached hydrogens (tertiary/aromatic N) is 1. The Balaban J connectivity index is 1.31. The van der Waals surface area contributed by atoms with Crippen molar-refractivity contribution >= 4 is 33.2 Å². The monoisotopic (exact) mass is 640 g/mol. The van der Waals surface area contributed by atoms with Gasteiger partial charge in [0, 0.05) is 29.1 Å². The van der Waals surface area contributed by atoms with E-state index in [0.717, 1.165) is 88.0 Å². The second-order valence-electron chi connectivity index (χ2n) is 14.7. The highest BCUT2D eigenvalue weighted by Crippen LogP contribution is 2.52. The molecule has 9 heteroatoms. The molecule has 2 saturated carbocycles. The first-order chi connectivity index (χ1) is 21.0. The second-order valence-corrected chi connectivity index (χ2v) is 17.2. The Bertz CT molecular complexity index is 1560. The van der Waals surface area contributed by atoms with Gasteiger partial charge in [0.25, 0.3) is 5.91 Å². The molecule has 0 aromatic heterocycles. The van der Waals surface area contributed by atoms with Gasteiger partial charge in [-0.25, -0.2) is 13.1 Å². The number of halogens is 1. The molecule has 2 aromatic rings. The molecular weight excluding hydrogens is 596 g/mol. The third-order valence-corrected chi connectivity index (χ3v) is 14.1. The predicted octanol–water partition coefficient (Wildman–Crippen LogP) is 6.25. The van der Waals surface area contributed by atoms with E-state index in [1.54, 1.807) is 13.0 Å². The molecule has 2 aliphatic heterocycles. The molecule has 3 aliphatic carbocycles. The first kappa shape index (κ1) is 30.4. The van der Waals surface area contributed by atoms with Crippen LogP contribution in [0.5, 0.6) is 5.75 Å². The van der Waals surface area contributed by atoms with Crippen LogP contribution in [0.1, 0.15) is 93.1 Å². The molecule has 7 rings (SSSR count). The van der Waals surface area contributed by atoms with Gasteiger partial charge in [-0.2, -0.15) is 0 Å². The number of benzene rings is 2. The van der Waals surface area contributed by atoms with E-state index in [0.29, 0.717) is 23.8 Å². The Kier molecular flexibility index (Phi) is 7.73. The van der Waals surface area contributed by atoms with Gasteiger partial charge in [-0.05, 0) is 123 Å². The topological polar surface area (TPSA) is 95.9 Å². The molecule has 0 unspecified atom stereocenters. The second kappa shape index (κ2) is 11.2. The quantitative estimate of drug-likeness (QED) is 0.354. The number of amides is 1. The number of carbonyl (C=O) groups excluding carboxylic acids is 1. The van der Waals surface area contributed by atoms with Crippen LogP contribution >= 0.6 is 11.6 Å². The van der Waals surface area contributed by atoms with Crippen molar-refractivity contribution < 1.29 is 23.1 Å². The molecule has 2 heterocycles. The lowest BCUT2D eigenvalue weighted by Crippen LogP contribution is -2.54. The standard InChI is InChI=1S/C35H45ClN2O5S/c1-22-15-24-5-3-14-35(40,18-24)30-10-7-27(30)19-38-20-34(13-4-6-25-16-28(36)9-11-29(25)34)21-43-32-12-8-26(17-31(32)38)33(39)37-44(41,42)23(22)2/h8-9,11-12,16-17,22-24,27,30,40H,3-7,10,13-15,18-21H2,1-2H3,(H,37,39)/t22-,23+,24+,27-,30+,34-,35-/m0/s1. The van der Waals surface area contributed by atoms with Gasteiger partial charge < -0.3 is 14.7 Å². The van der Waals surface area contributed by atoms with E-state index in [4.69, 9.17) is 16.3 Å². The molecule has 4 bridgehead atoms. The van der Waals surface area contributed by atoms with Crippen molar-refractivity contribution in [2.75, 3.05) is 24.6 Å². The number of sulfonamides is 1. The van der Waals surface area contributed by atoms with E-state index in [-0.39, 0.29) is 23.2 Å². The molecule has 238 valence electrons. The maximum absolute atomic E-state index is 13.5. The zero-order chi connectivity index (χ0) is 30.9. The summed E-state index contributed by atoms with van der Waals surface area (Å²) in [4.78, 5) is 15.9. The zero-order valence-electron chi connectivity index (χ0n) is 25.9. The molecule has 2 aromatic carbocycles. The Morgan fingerprint density at radius 2 is 1.91 bits per heavy atom. The molecule has 1 spiro atoms. The van der Waals surface area contributed by atoms with Gasteiger partial charge >= 0.3 is 0 Å². The van der Waals surface area contributed by atoms with Crippen LogP contribution in [-0.2, 0) is 21.9 Å².